The second-order valence-corrected chi connectivity index (χ2v) is 11.8. The van der Waals surface area contributed by atoms with Crippen LogP contribution in [0.15, 0.2) is 30.3 Å². The molecule has 0 N–H and O–H groups in total. The van der Waals surface area contributed by atoms with E-state index in [4.69, 9.17) is 23.7 Å². The molecule has 0 aromatic heterocycles. The number of ether oxygens (including phenoxy) is 5. The Morgan fingerprint density at radius 1 is 1.08 bits per heavy atom. The summed E-state index contributed by atoms with van der Waals surface area (Å²) in [4.78, 5) is 0. The molecule has 4 atom stereocenters. The van der Waals surface area contributed by atoms with Crippen LogP contribution >= 0.6 is 0 Å². The lowest BCUT2D eigenvalue weighted by Crippen LogP contribution is -2.51. The minimum Gasteiger partial charge on any atom is -0.492 e. The highest BCUT2D eigenvalue weighted by molar-refractivity contribution is 5.62. The summed E-state index contributed by atoms with van der Waals surface area (Å²) in [5, 5.41) is 0. The van der Waals surface area contributed by atoms with E-state index < -0.39 is 5.60 Å². The zero-order valence-electron chi connectivity index (χ0n) is 22.1. The van der Waals surface area contributed by atoms with Gasteiger partial charge in [0.2, 0.25) is 12.5 Å². The zero-order chi connectivity index (χ0) is 25.3. The Labute approximate surface area is 214 Å². The van der Waals surface area contributed by atoms with Crippen LogP contribution < -0.4 is 18.9 Å². The number of methoxy groups -OCH3 is 1. The predicted molar refractivity (Wildman–Crippen MR) is 136 cm³/mol. The van der Waals surface area contributed by atoms with E-state index in [0.717, 1.165) is 58.7 Å². The number of hydrogen-bond acceptors (Lipinski definition) is 5. The van der Waals surface area contributed by atoms with Gasteiger partial charge in [0.15, 0.2) is 17.5 Å². The van der Waals surface area contributed by atoms with Crippen LogP contribution in [0.4, 0.5) is 0 Å². The number of para-hydroxylation sites is 1. The highest BCUT2D eigenvalue weighted by Crippen LogP contribution is 2.53. The average Bonchev–Trinajstić information content (AvgIpc) is 3.30. The van der Waals surface area contributed by atoms with Gasteiger partial charge in [-0.25, -0.2) is 0 Å². The maximum atomic E-state index is 6.88. The summed E-state index contributed by atoms with van der Waals surface area (Å²) in [7, 11) is 6.18. The fourth-order valence-corrected chi connectivity index (χ4v) is 6.40. The smallest absolute Gasteiger partial charge is 0.231 e. The monoisotopic (exact) mass is 490 g/mol. The number of hydrogen-bond donors (Lipinski definition) is 0. The van der Waals surface area contributed by atoms with Crippen molar-refractivity contribution in [3.63, 3.8) is 0 Å². The molecule has 6 heteroatoms. The van der Waals surface area contributed by atoms with E-state index in [1.54, 1.807) is 7.11 Å². The Balaban J connectivity index is 1.38. The number of rotatable bonds is 1. The van der Waals surface area contributed by atoms with Gasteiger partial charge in [0.05, 0.1) is 39.4 Å². The van der Waals surface area contributed by atoms with Crippen LogP contribution in [0, 0.1) is 17.8 Å². The molecule has 0 spiro atoms. The summed E-state index contributed by atoms with van der Waals surface area (Å²) in [6, 6.07) is 10.3. The van der Waals surface area contributed by atoms with Crippen molar-refractivity contribution >= 4 is 0 Å². The van der Waals surface area contributed by atoms with Crippen molar-refractivity contribution < 1.29 is 28.2 Å². The van der Waals surface area contributed by atoms with E-state index in [9.17, 15) is 0 Å². The van der Waals surface area contributed by atoms with Crippen molar-refractivity contribution in [2.24, 2.45) is 5.92 Å². The van der Waals surface area contributed by atoms with E-state index in [2.05, 4.69) is 64.9 Å². The molecule has 2 aromatic carbocycles. The van der Waals surface area contributed by atoms with Crippen molar-refractivity contribution in [2.45, 2.75) is 63.4 Å². The van der Waals surface area contributed by atoms with Crippen LogP contribution in [0.25, 0.3) is 0 Å². The van der Waals surface area contributed by atoms with Crippen molar-refractivity contribution in [2.75, 3.05) is 34.5 Å². The molecule has 6 nitrogen and oxygen atoms in total. The number of benzene rings is 2. The molecule has 0 unspecified atom stereocenters. The molecule has 4 aliphatic rings. The van der Waals surface area contributed by atoms with E-state index in [1.807, 2.05) is 12.1 Å². The molecule has 190 valence electrons. The van der Waals surface area contributed by atoms with Crippen LogP contribution in [-0.4, -0.2) is 50.2 Å². The number of likely N-dealkylation sites (N-methyl/N-ethyl adjacent to an activating group) is 1. The number of fused-ring (bicyclic) bond motifs is 5. The molecular formula is C30H36NO5+. The first kappa shape index (κ1) is 23.5. The van der Waals surface area contributed by atoms with Gasteiger partial charge in [-0.05, 0) is 57.2 Å². The van der Waals surface area contributed by atoms with Gasteiger partial charge in [-0.1, -0.05) is 24.1 Å². The number of quaternary nitrogens is 1. The topological polar surface area (TPSA) is 46.2 Å². The van der Waals surface area contributed by atoms with E-state index >= 15 is 0 Å². The summed E-state index contributed by atoms with van der Waals surface area (Å²) in [6.45, 7) is 7.69. The standard InChI is InChI=1S/C30H36NO5/c1-29(2)21-11-14-30(3,36-26(21)20-9-7-8-10-23(20)35-29)15-12-22-25-19(13-16-31(22,4)5)17-24-27(28(25)32-6)34-18-33-24/h7-10,17,21-22,26H,11,13-14,16,18H2,1-6H3/q+1/t21-,22-,26+,30-/m0/s1. The Morgan fingerprint density at radius 2 is 1.89 bits per heavy atom. The maximum Gasteiger partial charge on any atom is 0.231 e. The van der Waals surface area contributed by atoms with Crippen molar-refractivity contribution in [3.05, 3.63) is 47.0 Å². The predicted octanol–water partition coefficient (Wildman–Crippen LogP) is 5.20. The van der Waals surface area contributed by atoms with Crippen LogP contribution in [0.3, 0.4) is 0 Å². The van der Waals surface area contributed by atoms with Gasteiger partial charge in [0.25, 0.3) is 0 Å². The largest absolute Gasteiger partial charge is 0.492 e. The van der Waals surface area contributed by atoms with Crippen LogP contribution in [-0.2, 0) is 11.2 Å². The van der Waals surface area contributed by atoms with Gasteiger partial charge in [-0.2, -0.15) is 0 Å². The molecule has 0 bridgehead atoms. The first-order valence-corrected chi connectivity index (χ1v) is 12.9. The first-order valence-electron chi connectivity index (χ1n) is 12.9. The van der Waals surface area contributed by atoms with Gasteiger partial charge in [-0.3, -0.25) is 0 Å². The van der Waals surface area contributed by atoms with E-state index in [1.165, 1.54) is 5.56 Å². The molecule has 4 aliphatic heterocycles. The summed E-state index contributed by atoms with van der Waals surface area (Å²) >= 11 is 0. The fourth-order valence-electron chi connectivity index (χ4n) is 6.40. The van der Waals surface area contributed by atoms with Crippen LogP contribution in [0.1, 0.15) is 62.4 Å². The summed E-state index contributed by atoms with van der Waals surface area (Å²) in [5.41, 5.74) is 2.62. The Bertz CT molecular complexity index is 1270. The van der Waals surface area contributed by atoms with Gasteiger partial charge in [0, 0.05) is 17.9 Å². The quantitative estimate of drug-likeness (QED) is 0.406. The Morgan fingerprint density at radius 3 is 2.69 bits per heavy atom. The molecule has 2 aromatic rings. The zero-order valence-corrected chi connectivity index (χ0v) is 22.1. The molecule has 1 fully saturated rings. The molecule has 0 radical (unpaired) electrons. The normalized spacial score (nSPS) is 30.6. The van der Waals surface area contributed by atoms with Crippen LogP contribution in [0.5, 0.6) is 23.0 Å². The van der Waals surface area contributed by atoms with Gasteiger partial charge < -0.3 is 28.2 Å². The summed E-state index contributed by atoms with van der Waals surface area (Å²) in [5.74, 6) is 10.7. The minimum atomic E-state index is -0.553. The van der Waals surface area contributed by atoms with E-state index in [0.29, 0.717) is 5.75 Å². The first-order chi connectivity index (χ1) is 17.1. The maximum absolute atomic E-state index is 6.88. The fraction of sp³-hybridized carbons (Fsp3) is 0.533. The summed E-state index contributed by atoms with van der Waals surface area (Å²) in [6.07, 6.45) is 2.76. The molecule has 36 heavy (non-hydrogen) atoms. The van der Waals surface area contributed by atoms with Crippen LogP contribution in [0.2, 0.25) is 0 Å². The average molecular weight is 491 g/mol. The van der Waals surface area contributed by atoms with Crippen molar-refractivity contribution in [1.29, 1.82) is 0 Å². The summed E-state index contributed by atoms with van der Waals surface area (Å²) < 4.78 is 31.4. The molecule has 0 saturated carbocycles. The van der Waals surface area contributed by atoms with Crippen molar-refractivity contribution in [3.8, 4) is 34.8 Å². The SMILES string of the molecule is COc1c2c(cc3c1[C@H](C#C[C@]1(C)CC[C@H]4[C@H](O1)c1ccccc1OC4(C)C)[N+](C)(C)CC3)OCO2. The van der Waals surface area contributed by atoms with Crippen molar-refractivity contribution in [1.82, 2.24) is 0 Å². The van der Waals surface area contributed by atoms with E-state index in [-0.39, 0.29) is 30.5 Å². The molecule has 0 amide bonds. The molecular weight excluding hydrogens is 454 g/mol. The van der Waals surface area contributed by atoms with Gasteiger partial charge in [-0.15, -0.1) is 0 Å². The highest BCUT2D eigenvalue weighted by atomic mass is 16.7. The Kier molecular flexibility index (Phi) is 5.27. The third kappa shape index (κ3) is 3.64. The molecule has 0 aliphatic carbocycles. The molecule has 6 rings (SSSR count). The lowest BCUT2D eigenvalue weighted by Gasteiger charge is -2.50. The van der Waals surface area contributed by atoms with Gasteiger partial charge >= 0.3 is 0 Å². The second-order valence-electron chi connectivity index (χ2n) is 11.8. The third-order valence-electron chi connectivity index (χ3n) is 8.53. The molecule has 4 heterocycles. The third-order valence-corrected chi connectivity index (χ3v) is 8.53. The Hall–Kier alpha value is -2.88. The minimum absolute atomic E-state index is 0.0394. The second kappa shape index (κ2) is 8.06. The highest BCUT2D eigenvalue weighted by Gasteiger charge is 2.50. The number of nitrogens with zero attached hydrogens (tertiary/aromatic N) is 1. The lowest BCUT2D eigenvalue weighted by molar-refractivity contribution is -0.914. The van der Waals surface area contributed by atoms with Gasteiger partial charge in [0.1, 0.15) is 17.0 Å². The lowest BCUT2D eigenvalue weighted by atomic mass is 9.73. The molecule has 1 saturated heterocycles.